The van der Waals surface area contributed by atoms with Crippen molar-refractivity contribution in [3.8, 4) is 5.75 Å². The zero-order chi connectivity index (χ0) is 13.5. The van der Waals surface area contributed by atoms with E-state index in [1.165, 1.54) is 0 Å². The summed E-state index contributed by atoms with van der Waals surface area (Å²) in [6, 6.07) is 5.20. The van der Waals surface area contributed by atoms with Gasteiger partial charge in [0.1, 0.15) is 5.75 Å². The summed E-state index contributed by atoms with van der Waals surface area (Å²) < 4.78 is 5.05. The summed E-state index contributed by atoms with van der Waals surface area (Å²) in [7, 11) is 1.57. The van der Waals surface area contributed by atoms with Crippen LogP contribution >= 0.6 is 11.8 Å². The zero-order valence-electron chi connectivity index (χ0n) is 11.0. The van der Waals surface area contributed by atoms with Crippen molar-refractivity contribution in [2.75, 3.05) is 24.3 Å². The monoisotopic (exact) mass is 268 g/mol. The summed E-state index contributed by atoms with van der Waals surface area (Å²) in [5, 5.41) is 2.93. The van der Waals surface area contributed by atoms with Crippen LogP contribution in [0.15, 0.2) is 18.2 Å². The molecule has 1 unspecified atom stereocenters. The molecule has 0 spiro atoms. The van der Waals surface area contributed by atoms with Crippen LogP contribution in [-0.4, -0.2) is 30.6 Å². The van der Waals surface area contributed by atoms with Gasteiger partial charge in [-0.25, -0.2) is 0 Å². The van der Waals surface area contributed by atoms with Gasteiger partial charge in [0.15, 0.2) is 0 Å². The summed E-state index contributed by atoms with van der Waals surface area (Å²) in [6.07, 6.45) is 0. The van der Waals surface area contributed by atoms with Crippen LogP contribution in [-0.2, 0) is 0 Å². The Hall–Kier alpha value is -1.36. The average molecular weight is 268 g/mol. The van der Waals surface area contributed by atoms with Gasteiger partial charge in [-0.3, -0.25) is 4.79 Å². The van der Waals surface area contributed by atoms with Crippen molar-refractivity contribution in [1.82, 2.24) is 5.32 Å². The van der Waals surface area contributed by atoms with E-state index in [1.807, 2.05) is 6.92 Å². The average Bonchev–Trinajstić information content (AvgIpc) is 2.35. The molecule has 0 aliphatic rings. The second kappa shape index (κ2) is 7.16. The quantitative estimate of drug-likeness (QED) is 0.776. The molecule has 0 saturated carbocycles. The number of thioether (sulfide) groups is 1. The van der Waals surface area contributed by atoms with E-state index in [9.17, 15) is 4.79 Å². The van der Waals surface area contributed by atoms with Gasteiger partial charge in [0.25, 0.3) is 5.91 Å². The number of anilines is 1. The van der Waals surface area contributed by atoms with Crippen molar-refractivity contribution in [3.63, 3.8) is 0 Å². The SMILES string of the molecule is CCSCC(C)NC(=O)c1ccc(OC)cc1N. The molecule has 0 heterocycles. The molecule has 1 atom stereocenters. The predicted octanol–water partition coefficient (Wildman–Crippen LogP) is 2.15. The fraction of sp³-hybridized carbons (Fsp3) is 0.462. The number of nitrogens with one attached hydrogen (secondary N) is 1. The molecule has 4 nitrogen and oxygen atoms in total. The minimum atomic E-state index is -0.139. The van der Waals surface area contributed by atoms with E-state index < -0.39 is 0 Å². The Labute approximate surface area is 112 Å². The number of nitrogens with two attached hydrogens (primary N) is 1. The number of hydrogen-bond donors (Lipinski definition) is 2. The first-order valence-corrected chi connectivity index (χ1v) is 7.06. The Morgan fingerprint density at radius 2 is 2.28 bits per heavy atom. The largest absolute Gasteiger partial charge is 0.497 e. The third-order valence-electron chi connectivity index (χ3n) is 2.45. The molecule has 0 saturated heterocycles. The summed E-state index contributed by atoms with van der Waals surface area (Å²) in [5.41, 5.74) is 6.75. The molecule has 100 valence electrons. The van der Waals surface area contributed by atoms with Crippen LogP contribution in [0.2, 0.25) is 0 Å². The van der Waals surface area contributed by atoms with E-state index in [0.29, 0.717) is 17.0 Å². The van der Waals surface area contributed by atoms with Crippen molar-refractivity contribution in [2.45, 2.75) is 19.9 Å². The van der Waals surface area contributed by atoms with Gasteiger partial charge >= 0.3 is 0 Å². The van der Waals surface area contributed by atoms with E-state index in [0.717, 1.165) is 11.5 Å². The van der Waals surface area contributed by atoms with Gasteiger partial charge in [-0.2, -0.15) is 11.8 Å². The summed E-state index contributed by atoms with van der Waals surface area (Å²) in [5.74, 6) is 2.46. The predicted molar refractivity (Wildman–Crippen MR) is 77.3 cm³/mol. The molecular formula is C13H20N2O2S. The lowest BCUT2D eigenvalue weighted by atomic mass is 10.1. The van der Waals surface area contributed by atoms with Crippen LogP contribution in [0.5, 0.6) is 5.75 Å². The lowest BCUT2D eigenvalue weighted by Gasteiger charge is -2.14. The molecule has 1 rings (SSSR count). The lowest BCUT2D eigenvalue weighted by Crippen LogP contribution is -2.34. The van der Waals surface area contributed by atoms with Gasteiger partial charge in [-0.1, -0.05) is 6.92 Å². The molecule has 1 aromatic rings. The molecule has 0 aliphatic carbocycles. The Morgan fingerprint density at radius 1 is 1.56 bits per heavy atom. The van der Waals surface area contributed by atoms with Crippen LogP contribution in [0.25, 0.3) is 0 Å². The molecule has 0 radical (unpaired) electrons. The molecule has 5 heteroatoms. The Bertz CT molecular complexity index is 410. The van der Waals surface area contributed by atoms with E-state index in [2.05, 4.69) is 12.2 Å². The van der Waals surface area contributed by atoms with Gasteiger partial charge in [0.2, 0.25) is 0 Å². The Kier molecular flexibility index (Phi) is 5.85. The highest BCUT2D eigenvalue weighted by Gasteiger charge is 2.13. The first-order chi connectivity index (χ1) is 8.58. The van der Waals surface area contributed by atoms with E-state index >= 15 is 0 Å². The van der Waals surface area contributed by atoms with Crippen molar-refractivity contribution in [1.29, 1.82) is 0 Å². The van der Waals surface area contributed by atoms with Crippen molar-refractivity contribution in [3.05, 3.63) is 23.8 Å². The minimum Gasteiger partial charge on any atom is -0.497 e. The molecule has 0 aliphatic heterocycles. The van der Waals surface area contributed by atoms with Crippen LogP contribution in [0.1, 0.15) is 24.2 Å². The topological polar surface area (TPSA) is 64.3 Å². The number of nitrogen functional groups attached to an aromatic ring is 1. The highest BCUT2D eigenvalue weighted by atomic mass is 32.2. The maximum atomic E-state index is 12.0. The molecule has 1 amide bonds. The fourth-order valence-corrected chi connectivity index (χ4v) is 2.18. The second-order valence-corrected chi connectivity index (χ2v) is 5.31. The van der Waals surface area contributed by atoms with Crippen molar-refractivity contribution < 1.29 is 9.53 Å². The number of carbonyl (C=O) groups excluding carboxylic acids is 1. The first kappa shape index (κ1) is 14.7. The molecule has 0 fully saturated rings. The Morgan fingerprint density at radius 3 is 2.83 bits per heavy atom. The van der Waals surface area contributed by atoms with Gasteiger partial charge in [0, 0.05) is 23.5 Å². The van der Waals surface area contributed by atoms with Crippen LogP contribution in [0.3, 0.4) is 0 Å². The van der Waals surface area contributed by atoms with Gasteiger partial charge in [-0.15, -0.1) is 0 Å². The fourth-order valence-electron chi connectivity index (χ4n) is 1.51. The molecule has 0 bridgehead atoms. The highest BCUT2D eigenvalue weighted by molar-refractivity contribution is 7.99. The normalized spacial score (nSPS) is 11.9. The highest BCUT2D eigenvalue weighted by Crippen LogP contribution is 2.19. The maximum absolute atomic E-state index is 12.0. The standard InChI is InChI=1S/C13H20N2O2S/c1-4-18-8-9(2)15-13(16)11-6-5-10(17-3)7-12(11)14/h5-7,9H,4,8,14H2,1-3H3,(H,15,16). The lowest BCUT2D eigenvalue weighted by molar-refractivity contribution is 0.0944. The molecule has 3 N–H and O–H groups in total. The summed E-state index contributed by atoms with van der Waals surface area (Å²) in [4.78, 5) is 12.0. The van der Waals surface area contributed by atoms with Crippen molar-refractivity contribution in [2.24, 2.45) is 0 Å². The number of methoxy groups -OCH3 is 1. The number of ether oxygens (including phenoxy) is 1. The number of carbonyl (C=O) groups is 1. The van der Waals surface area contributed by atoms with Gasteiger partial charge in [-0.05, 0) is 24.8 Å². The maximum Gasteiger partial charge on any atom is 0.253 e. The molecule has 1 aromatic carbocycles. The van der Waals surface area contributed by atoms with E-state index in [4.69, 9.17) is 10.5 Å². The molecular weight excluding hydrogens is 248 g/mol. The molecule has 18 heavy (non-hydrogen) atoms. The van der Waals surface area contributed by atoms with Crippen LogP contribution in [0, 0.1) is 0 Å². The number of amides is 1. The Balaban J connectivity index is 2.66. The number of benzene rings is 1. The third-order valence-corrected chi connectivity index (χ3v) is 3.60. The molecule has 0 aromatic heterocycles. The van der Waals surface area contributed by atoms with E-state index in [-0.39, 0.29) is 11.9 Å². The summed E-state index contributed by atoms with van der Waals surface area (Å²) >= 11 is 1.80. The second-order valence-electron chi connectivity index (χ2n) is 3.99. The number of hydrogen-bond acceptors (Lipinski definition) is 4. The third kappa shape index (κ3) is 4.14. The van der Waals surface area contributed by atoms with Crippen LogP contribution < -0.4 is 15.8 Å². The van der Waals surface area contributed by atoms with Gasteiger partial charge < -0.3 is 15.8 Å². The first-order valence-electron chi connectivity index (χ1n) is 5.90. The smallest absolute Gasteiger partial charge is 0.253 e. The number of rotatable bonds is 6. The van der Waals surface area contributed by atoms with Crippen molar-refractivity contribution >= 4 is 23.4 Å². The summed E-state index contributed by atoms with van der Waals surface area (Å²) in [6.45, 7) is 4.08. The van der Waals surface area contributed by atoms with E-state index in [1.54, 1.807) is 37.1 Å². The van der Waals surface area contributed by atoms with Crippen LogP contribution in [0.4, 0.5) is 5.69 Å². The van der Waals surface area contributed by atoms with Gasteiger partial charge in [0.05, 0.1) is 12.7 Å². The minimum absolute atomic E-state index is 0.129. The zero-order valence-corrected chi connectivity index (χ0v) is 11.8.